The standard InChI is InChI=1S/C14H14FN3O2/c1-8(2)13-16-7-11(12(18-13)14(19)20)17-10-6-4-3-5-9(10)15/h3-8,17H,1-2H3,(H,19,20). The first-order valence-electron chi connectivity index (χ1n) is 6.11. The summed E-state index contributed by atoms with van der Waals surface area (Å²) in [6.45, 7) is 3.73. The van der Waals surface area contributed by atoms with Crippen molar-refractivity contribution in [2.45, 2.75) is 19.8 Å². The average molecular weight is 275 g/mol. The molecule has 2 rings (SSSR count). The minimum Gasteiger partial charge on any atom is -0.476 e. The zero-order valence-electron chi connectivity index (χ0n) is 11.1. The Morgan fingerprint density at radius 2 is 2.00 bits per heavy atom. The quantitative estimate of drug-likeness (QED) is 0.896. The molecule has 0 saturated heterocycles. The van der Waals surface area contributed by atoms with Crippen LogP contribution in [0.4, 0.5) is 15.8 Å². The minimum atomic E-state index is -1.19. The summed E-state index contributed by atoms with van der Waals surface area (Å²) in [4.78, 5) is 19.3. The highest BCUT2D eigenvalue weighted by Gasteiger charge is 2.16. The van der Waals surface area contributed by atoms with Gasteiger partial charge in [0.1, 0.15) is 11.6 Å². The zero-order chi connectivity index (χ0) is 14.7. The largest absolute Gasteiger partial charge is 0.476 e. The van der Waals surface area contributed by atoms with Crippen LogP contribution in [0.25, 0.3) is 0 Å². The van der Waals surface area contributed by atoms with Crippen LogP contribution in [0, 0.1) is 5.82 Å². The number of benzene rings is 1. The number of hydrogen-bond donors (Lipinski definition) is 2. The molecule has 0 radical (unpaired) electrons. The second-order valence-corrected chi connectivity index (χ2v) is 4.56. The van der Waals surface area contributed by atoms with Crippen LogP contribution in [0.15, 0.2) is 30.5 Å². The van der Waals surface area contributed by atoms with Crippen molar-refractivity contribution in [3.63, 3.8) is 0 Å². The molecule has 1 aromatic heterocycles. The second-order valence-electron chi connectivity index (χ2n) is 4.56. The molecule has 5 nitrogen and oxygen atoms in total. The number of rotatable bonds is 4. The monoisotopic (exact) mass is 275 g/mol. The number of carboxylic acid groups (broad SMARTS) is 1. The SMILES string of the molecule is CC(C)c1ncc(Nc2ccccc2F)c(C(=O)O)n1. The topological polar surface area (TPSA) is 75.1 Å². The van der Waals surface area contributed by atoms with Crippen LogP contribution in [0.3, 0.4) is 0 Å². The molecule has 0 aliphatic carbocycles. The molecule has 1 heterocycles. The number of nitrogens with zero attached hydrogens (tertiary/aromatic N) is 2. The van der Waals surface area contributed by atoms with E-state index in [4.69, 9.17) is 0 Å². The number of aromatic carboxylic acids is 1. The maximum Gasteiger partial charge on any atom is 0.356 e. The van der Waals surface area contributed by atoms with Gasteiger partial charge in [-0.25, -0.2) is 19.2 Å². The molecule has 20 heavy (non-hydrogen) atoms. The van der Waals surface area contributed by atoms with Crippen molar-refractivity contribution in [3.8, 4) is 0 Å². The predicted molar refractivity (Wildman–Crippen MR) is 72.8 cm³/mol. The van der Waals surface area contributed by atoms with Crippen molar-refractivity contribution in [2.24, 2.45) is 0 Å². The molecule has 0 bridgehead atoms. The number of carbonyl (C=O) groups is 1. The molecule has 0 saturated carbocycles. The Hall–Kier alpha value is -2.50. The average Bonchev–Trinajstić information content (AvgIpc) is 2.41. The van der Waals surface area contributed by atoms with Crippen molar-refractivity contribution >= 4 is 17.3 Å². The Kier molecular flexibility index (Phi) is 3.93. The molecular formula is C14H14FN3O2. The molecule has 0 aliphatic heterocycles. The fraction of sp³-hybridized carbons (Fsp3) is 0.214. The van der Waals surface area contributed by atoms with Crippen LogP contribution in [0.1, 0.15) is 36.1 Å². The molecule has 0 fully saturated rings. The smallest absolute Gasteiger partial charge is 0.356 e. The Morgan fingerprint density at radius 3 is 2.60 bits per heavy atom. The molecule has 0 amide bonds. The molecule has 1 aromatic carbocycles. The van der Waals surface area contributed by atoms with Crippen LogP contribution in [0.2, 0.25) is 0 Å². The summed E-state index contributed by atoms with van der Waals surface area (Å²) in [5.41, 5.74) is 0.162. The lowest BCUT2D eigenvalue weighted by Gasteiger charge is -2.11. The van der Waals surface area contributed by atoms with Gasteiger partial charge in [-0.3, -0.25) is 0 Å². The first-order valence-corrected chi connectivity index (χ1v) is 6.11. The molecule has 0 aliphatic rings. The predicted octanol–water partition coefficient (Wildman–Crippen LogP) is 3.18. The van der Waals surface area contributed by atoms with Crippen molar-refractivity contribution in [1.29, 1.82) is 0 Å². The van der Waals surface area contributed by atoms with Gasteiger partial charge in [0.2, 0.25) is 0 Å². The maximum atomic E-state index is 13.6. The van der Waals surface area contributed by atoms with Crippen LogP contribution in [-0.2, 0) is 0 Å². The van der Waals surface area contributed by atoms with Crippen LogP contribution in [-0.4, -0.2) is 21.0 Å². The Morgan fingerprint density at radius 1 is 1.30 bits per heavy atom. The molecule has 0 atom stereocenters. The van der Waals surface area contributed by atoms with Crippen molar-refractivity contribution < 1.29 is 14.3 Å². The lowest BCUT2D eigenvalue weighted by Crippen LogP contribution is -2.10. The van der Waals surface area contributed by atoms with E-state index >= 15 is 0 Å². The zero-order valence-corrected chi connectivity index (χ0v) is 11.1. The third-order valence-corrected chi connectivity index (χ3v) is 2.67. The number of anilines is 2. The van der Waals surface area contributed by atoms with Crippen LogP contribution in [0.5, 0.6) is 0 Å². The second kappa shape index (κ2) is 5.64. The van der Waals surface area contributed by atoms with E-state index in [-0.39, 0.29) is 23.0 Å². The number of nitrogens with one attached hydrogen (secondary N) is 1. The lowest BCUT2D eigenvalue weighted by molar-refractivity contribution is 0.0691. The molecule has 6 heteroatoms. The van der Waals surface area contributed by atoms with Gasteiger partial charge in [0, 0.05) is 5.92 Å². The third kappa shape index (κ3) is 2.90. The van der Waals surface area contributed by atoms with Gasteiger partial charge in [-0.05, 0) is 12.1 Å². The van der Waals surface area contributed by atoms with E-state index in [0.29, 0.717) is 5.82 Å². The van der Waals surface area contributed by atoms with Crippen molar-refractivity contribution in [2.75, 3.05) is 5.32 Å². The summed E-state index contributed by atoms with van der Waals surface area (Å²) in [5, 5.41) is 11.9. The molecule has 2 aromatic rings. The van der Waals surface area contributed by atoms with Crippen LogP contribution < -0.4 is 5.32 Å². The highest BCUT2D eigenvalue weighted by Crippen LogP contribution is 2.22. The van der Waals surface area contributed by atoms with E-state index in [2.05, 4.69) is 15.3 Å². The van der Waals surface area contributed by atoms with Crippen LogP contribution >= 0.6 is 0 Å². The molecule has 2 N–H and O–H groups in total. The number of carboxylic acids is 1. The lowest BCUT2D eigenvalue weighted by atomic mass is 10.2. The van der Waals surface area contributed by atoms with E-state index in [1.165, 1.54) is 18.3 Å². The fourth-order valence-electron chi connectivity index (χ4n) is 1.64. The summed E-state index contributed by atoms with van der Waals surface area (Å²) in [7, 11) is 0. The van der Waals surface area contributed by atoms with Gasteiger partial charge in [0.05, 0.1) is 17.6 Å². The first-order chi connectivity index (χ1) is 9.49. The summed E-state index contributed by atoms with van der Waals surface area (Å²) in [5.74, 6) is -1.22. The van der Waals surface area contributed by atoms with Gasteiger partial charge in [0.15, 0.2) is 5.69 Å². The van der Waals surface area contributed by atoms with E-state index in [1.54, 1.807) is 12.1 Å². The van der Waals surface area contributed by atoms with E-state index in [1.807, 2.05) is 13.8 Å². The Balaban J connectivity index is 2.41. The fourth-order valence-corrected chi connectivity index (χ4v) is 1.64. The third-order valence-electron chi connectivity index (χ3n) is 2.67. The molecule has 0 spiro atoms. The number of hydrogen-bond acceptors (Lipinski definition) is 4. The van der Waals surface area contributed by atoms with E-state index in [9.17, 15) is 14.3 Å². The summed E-state index contributed by atoms with van der Waals surface area (Å²) in [6.07, 6.45) is 1.36. The summed E-state index contributed by atoms with van der Waals surface area (Å²) in [6, 6.07) is 6.00. The number of aromatic nitrogens is 2. The number of halogens is 1. The molecular weight excluding hydrogens is 261 g/mol. The van der Waals surface area contributed by atoms with Crippen molar-refractivity contribution in [3.05, 3.63) is 47.8 Å². The van der Waals surface area contributed by atoms with E-state index in [0.717, 1.165) is 0 Å². The molecule has 0 unspecified atom stereocenters. The van der Waals surface area contributed by atoms with Crippen molar-refractivity contribution in [1.82, 2.24) is 9.97 Å². The van der Waals surface area contributed by atoms with Gasteiger partial charge in [0.25, 0.3) is 0 Å². The van der Waals surface area contributed by atoms with Gasteiger partial charge in [-0.2, -0.15) is 0 Å². The normalized spacial score (nSPS) is 10.6. The summed E-state index contributed by atoms with van der Waals surface area (Å²) < 4.78 is 13.6. The van der Waals surface area contributed by atoms with Gasteiger partial charge < -0.3 is 10.4 Å². The van der Waals surface area contributed by atoms with Gasteiger partial charge in [-0.15, -0.1) is 0 Å². The van der Waals surface area contributed by atoms with E-state index < -0.39 is 11.8 Å². The highest BCUT2D eigenvalue weighted by molar-refractivity contribution is 5.92. The maximum absolute atomic E-state index is 13.6. The summed E-state index contributed by atoms with van der Waals surface area (Å²) >= 11 is 0. The van der Waals surface area contributed by atoms with Gasteiger partial charge >= 0.3 is 5.97 Å². The molecule has 104 valence electrons. The Bertz CT molecular complexity index is 644. The first kappa shape index (κ1) is 13.9. The van der Waals surface area contributed by atoms with Gasteiger partial charge in [-0.1, -0.05) is 26.0 Å². The minimum absolute atomic E-state index is 0.00983. The number of para-hydroxylation sites is 1. The highest BCUT2D eigenvalue weighted by atomic mass is 19.1. The Labute approximate surface area is 115 Å².